The summed E-state index contributed by atoms with van der Waals surface area (Å²) in [5.74, 6) is -0.910. The number of anilines is 2. The first-order chi connectivity index (χ1) is 16.9. The van der Waals surface area contributed by atoms with E-state index in [9.17, 15) is 19.5 Å². The fourth-order valence-electron chi connectivity index (χ4n) is 3.54. The largest absolute Gasteiger partial charge is 0.505 e. The number of hydrogen-bond acceptors (Lipinski definition) is 6. The molecule has 4 rings (SSSR count). The molecule has 0 aromatic heterocycles. The van der Waals surface area contributed by atoms with Gasteiger partial charge in [-0.2, -0.15) is 0 Å². The van der Waals surface area contributed by atoms with Crippen LogP contribution in [-0.4, -0.2) is 23.7 Å². The fourth-order valence-corrected chi connectivity index (χ4v) is 3.77. The summed E-state index contributed by atoms with van der Waals surface area (Å²) in [5.41, 5.74) is 2.20. The number of amides is 2. The third-order valence-electron chi connectivity index (χ3n) is 5.32. The lowest BCUT2D eigenvalue weighted by Crippen LogP contribution is -2.13. The normalized spacial score (nSPS) is 10.9. The van der Waals surface area contributed by atoms with Gasteiger partial charge in [-0.15, -0.1) is 10.2 Å². The number of aryl methyl sites for hydroxylation is 1. The highest BCUT2D eigenvalue weighted by Crippen LogP contribution is 2.40. The molecule has 0 saturated heterocycles. The molecule has 0 aliphatic heterocycles. The predicted octanol–water partition coefficient (Wildman–Crippen LogP) is 6.56. The minimum Gasteiger partial charge on any atom is -0.505 e. The summed E-state index contributed by atoms with van der Waals surface area (Å²) in [6.07, 6.45) is 1.11. The number of benzene rings is 4. The van der Waals surface area contributed by atoms with Gasteiger partial charge < -0.3 is 15.7 Å². The molecule has 4 aromatic carbocycles. The van der Waals surface area contributed by atoms with Gasteiger partial charge in [-0.1, -0.05) is 35.9 Å². The quantitative estimate of drug-likeness (QED) is 0.202. The number of azo groups is 1. The highest BCUT2D eigenvalue weighted by atomic mass is 35.5. The van der Waals surface area contributed by atoms with Crippen molar-refractivity contribution in [1.29, 1.82) is 0 Å². The van der Waals surface area contributed by atoms with E-state index in [0.717, 1.165) is 5.56 Å². The van der Waals surface area contributed by atoms with E-state index >= 15 is 0 Å². The number of nitrogens with zero attached hydrogens (tertiary/aromatic N) is 2. The van der Waals surface area contributed by atoms with E-state index in [2.05, 4.69) is 20.9 Å². The van der Waals surface area contributed by atoms with Gasteiger partial charge >= 0.3 is 0 Å². The van der Waals surface area contributed by atoms with Gasteiger partial charge in [0.1, 0.15) is 5.69 Å². The maximum atomic E-state index is 13.1. The Morgan fingerprint density at radius 2 is 1.80 bits per heavy atom. The number of nitrogens with one attached hydrogen (secondary N) is 2. The van der Waals surface area contributed by atoms with Crippen molar-refractivity contribution < 1.29 is 19.5 Å². The molecule has 174 valence electrons. The monoisotopic (exact) mass is 486 g/mol. The number of aldehydes is 1. The number of carbonyl (C=O) groups excluding carboxylic acids is 3. The van der Waals surface area contributed by atoms with E-state index in [1.54, 1.807) is 61.5 Å². The third kappa shape index (κ3) is 5.02. The van der Waals surface area contributed by atoms with Gasteiger partial charge in [0.2, 0.25) is 6.41 Å². The molecule has 3 N–H and O–H groups in total. The smallest absolute Gasteiger partial charge is 0.259 e. The lowest BCUT2D eigenvalue weighted by Gasteiger charge is -2.12. The minimum absolute atomic E-state index is 0.000942. The van der Waals surface area contributed by atoms with Gasteiger partial charge in [-0.25, -0.2) is 0 Å². The highest BCUT2D eigenvalue weighted by Gasteiger charge is 2.19. The van der Waals surface area contributed by atoms with Crippen LogP contribution in [0.3, 0.4) is 0 Å². The number of fused-ring (bicyclic) bond motifs is 1. The summed E-state index contributed by atoms with van der Waals surface area (Å²) in [5, 5.41) is 26.4. The van der Waals surface area contributed by atoms with Gasteiger partial charge in [0.15, 0.2) is 12.0 Å². The molecule has 0 bridgehead atoms. The van der Waals surface area contributed by atoms with E-state index in [-0.39, 0.29) is 28.3 Å². The van der Waals surface area contributed by atoms with Gasteiger partial charge in [-0.3, -0.25) is 14.4 Å². The molecule has 8 nitrogen and oxygen atoms in total. The second kappa shape index (κ2) is 10.1. The second-order valence-corrected chi connectivity index (χ2v) is 8.05. The molecule has 0 saturated carbocycles. The molecule has 0 radical (unpaired) electrons. The minimum atomic E-state index is -0.541. The van der Waals surface area contributed by atoms with Crippen molar-refractivity contribution in [3.8, 4) is 5.75 Å². The number of phenols is 1. The summed E-state index contributed by atoms with van der Waals surface area (Å²) in [6, 6.07) is 18.2. The van der Waals surface area contributed by atoms with Crippen molar-refractivity contribution >= 4 is 63.7 Å². The molecule has 0 atom stereocenters. The zero-order valence-corrected chi connectivity index (χ0v) is 19.2. The molecule has 4 aromatic rings. The van der Waals surface area contributed by atoms with Crippen molar-refractivity contribution in [1.82, 2.24) is 0 Å². The molecule has 0 aliphatic rings. The second-order valence-electron chi connectivity index (χ2n) is 7.61. The van der Waals surface area contributed by atoms with Gasteiger partial charge in [0, 0.05) is 27.3 Å². The first kappa shape index (κ1) is 23.6. The average molecular weight is 487 g/mol. The van der Waals surface area contributed by atoms with E-state index in [1.807, 2.05) is 0 Å². The third-order valence-corrected chi connectivity index (χ3v) is 5.55. The lowest BCUT2D eigenvalue weighted by molar-refractivity contribution is -0.105. The zero-order valence-electron chi connectivity index (χ0n) is 18.4. The summed E-state index contributed by atoms with van der Waals surface area (Å²) < 4.78 is 0. The maximum absolute atomic E-state index is 13.1. The molecule has 0 spiro atoms. The predicted molar refractivity (Wildman–Crippen MR) is 135 cm³/mol. The number of hydrogen-bond donors (Lipinski definition) is 3. The number of rotatable bonds is 7. The van der Waals surface area contributed by atoms with E-state index in [4.69, 9.17) is 11.6 Å². The average Bonchev–Trinajstić information content (AvgIpc) is 2.85. The first-order valence-electron chi connectivity index (χ1n) is 10.4. The topological polar surface area (TPSA) is 120 Å². The lowest BCUT2D eigenvalue weighted by atomic mass is 10.0. The molecular formula is C26H19ClN4O4. The Morgan fingerprint density at radius 1 is 1.00 bits per heavy atom. The summed E-state index contributed by atoms with van der Waals surface area (Å²) in [7, 11) is 0. The zero-order chi connectivity index (χ0) is 24.9. The number of halogens is 1. The standard InChI is InChI=1S/C26H19ClN4O4/c1-15-10-18(27)7-9-22(15)29-26(35)21-11-16-4-2-3-5-20(16)24(25(21)34)31-30-23-12-19(28-14-33)8-6-17(23)13-32/h2-14,34H,1H3,(H,28,33)(H,29,35)/b31-30+. The number of aromatic hydroxyl groups is 1. The van der Waals surface area contributed by atoms with Crippen molar-refractivity contribution in [2.45, 2.75) is 6.92 Å². The van der Waals surface area contributed by atoms with Gasteiger partial charge in [0.05, 0.1) is 11.3 Å². The Labute approximate surface area is 205 Å². The van der Waals surface area contributed by atoms with Crippen LogP contribution < -0.4 is 10.6 Å². The van der Waals surface area contributed by atoms with Crippen molar-refractivity contribution in [3.05, 3.63) is 88.4 Å². The van der Waals surface area contributed by atoms with E-state index in [1.165, 1.54) is 12.1 Å². The van der Waals surface area contributed by atoms with Crippen LogP contribution in [0.5, 0.6) is 5.75 Å². The Balaban J connectivity index is 1.79. The molecular weight excluding hydrogens is 468 g/mol. The Kier molecular flexibility index (Phi) is 6.84. The highest BCUT2D eigenvalue weighted by molar-refractivity contribution is 6.30. The van der Waals surface area contributed by atoms with Crippen LogP contribution in [0.15, 0.2) is 77.0 Å². The van der Waals surface area contributed by atoms with Gasteiger partial charge in [0.25, 0.3) is 5.91 Å². The first-order valence-corrected chi connectivity index (χ1v) is 10.8. The molecule has 0 fully saturated rings. The van der Waals surface area contributed by atoms with Crippen LogP contribution in [0.1, 0.15) is 26.3 Å². The van der Waals surface area contributed by atoms with E-state index in [0.29, 0.717) is 39.9 Å². The van der Waals surface area contributed by atoms with Crippen molar-refractivity contribution in [2.75, 3.05) is 10.6 Å². The van der Waals surface area contributed by atoms with Crippen molar-refractivity contribution in [2.24, 2.45) is 10.2 Å². The molecule has 2 amide bonds. The van der Waals surface area contributed by atoms with Crippen LogP contribution in [0, 0.1) is 6.92 Å². The summed E-state index contributed by atoms with van der Waals surface area (Å²) >= 11 is 6.00. The molecule has 9 heteroatoms. The van der Waals surface area contributed by atoms with Crippen LogP contribution in [0.4, 0.5) is 22.7 Å². The molecule has 0 unspecified atom stereocenters. The van der Waals surface area contributed by atoms with Crippen LogP contribution in [-0.2, 0) is 4.79 Å². The Morgan fingerprint density at radius 3 is 2.54 bits per heavy atom. The van der Waals surface area contributed by atoms with E-state index < -0.39 is 5.91 Å². The Hall–Kier alpha value is -4.56. The molecule has 0 heterocycles. The van der Waals surface area contributed by atoms with Crippen LogP contribution in [0.25, 0.3) is 10.8 Å². The summed E-state index contributed by atoms with van der Waals surface area (Å²) in [6.45, 7) is 1.81. The fraction of sp³-hybridized carbons (Fsp3) is 0.0385. The van der Waals surface area contributed by atoms with Crippen molar-refractivity contribution in [3.63, 3.8) is 0 Å². The van der Waals surface area contributed by atoms with Gasteiger partial charge in [-0.05, 0) is 60.3 Å². The SMILES string of the molecule is Cc1cc(Cl)ccc1NC(=O)c1cc2ccccc2c(/N=N/c2cc(NC=O)ccc2C=O)c1O. The number of phenolic OH excluding ortho intramolecular Hbond substituents is 1. The van der Waals surface area contributed by atoms with Crippen LogP contribution in [0.2, 0.25) is 5.02 Å². The summed E-state index contributed by atoms with van der Waals surface area (Å²) in [4.78, 5) is 35.3. The number of carbonyl (C=O) groups is 3. The maximum Gasteiger partial charge on any atom is 0.259 e. The molecule has 0 aliphatic carbocycles. The Bertz CT molecular complexity index is 1500. The molecule has 35 heavy (non-hydrogen) atoms. The van der Waals surface area contributed by atoms with Crippen LogP contribution >= 0.6 is 11.6 Å².